The second-order valence-corrected chi connectivity index (χ2v) is 5.17. The summed E-state index contributed by atoms with van der Waals surface area (Å²) < 4.78 is 7.42. The van der Waals surface area contributed by atoms with Gasteiger partial charge in [0.1, 0.15) is 17.9 Å². The van der Waals surface area contributed by atoms with E-state index < -0.39 is 0 Å². The molecule has 0 unspecified atom stereocenters. The fourth-order valence-electron chi connectivity index (χ4n) is 2.17. The molecule has 6 nitrogen and oxygen atoms in total. The first kappa shape index (κ1) is 15.7. The molecule has 1 aromatic carbocycles. The second-order valence-electron chi connectivity index (χ2n) is 5.17. The number of hydrogen-bond donors (Lipinski definition) is 1. The summed E-state index contributed by atoms with van der Waals surface area (Å²) in [5.74, 6) is 1.14. The first-order chi connectivity index (χ1) is 11.8. The Labute approximate surface area is 140 Å². The topological polar surface area (TPSA) is 69.0 Å². The number of imidazole rings is 1. The molecule has 0 aliphatic heterocycles. The number of ether oxygens (including phenoxy) is 1. The maximum Gasteiger partial charge on any atom is 0.257 e. The van der Waals surface area contributed by atoms with Gasteiger partial charge in [-0.25, -0.2) is 9.97 Å². The van der Waals surface area contributed by atoms with E-state index in [1.165, 1.54) is 0 Å². The van der Waals surface area contributed by atoms with Crippen LogP contribution in [0.25, 0.3) is 5.82 Å². The minimum atomic E-state index is -0.229. The Balaban J connectivity index is 1.73. The zero-order valence-electron chi connectivity index (χ0n) is 13.3. The second kappa shape index (κ2) is 7.41. The van der Waals surface area contributed by atoms with Crippen molar-refractivity contribution in [3.05, 3.63) is 66.9 Å². The van der Waals surface area contributed by atoms with E-state index in [1.54, 1.807) is 41.6 Å². The third-order valence-corrected chi connectivity index (χ3v) is 3.38. The average Bonchev–Trinajstić information content (AvgIpc) is 3.16. The number of pyridine rings is 1. The molecule has 6 heteroatoms. The Morgan fingerprint density at radius 3 is 2.83 bits per heavy atom. The van der Waals surface area contributed by atoms with Crippen LogP contribution in [0, 0.1) is 0 Å². The van der Waals surface area contributed by atoms with Crippen LogP contribution in [0.1, 0.15) is 23.7 Å². The van der Waals surface area contributed by atoms with Gasteiger partial charge in [0.2, 0.25) is 0 Å². The molecule has 24 heavy (non-hydrogen) atoms. The summed E-state index contributed by atoms with van der Waals surface area (Å²) in [6.07, 6.45) is 7.57. The van der Waals surface area contributed by atoms with Gasteiger partial charge in [0.25, 0.3) is 5.91 Å². The van der Waals surface area contributed by atoms with E-state index in [2.05, 4.69) is 15.3 Å². The molecule has 2 heterocycles. The average molecular weight is 322 g/mol. The molecule has 0 bridgehead atoms. The van der Waals surface area contributed by atoms with E-state index >= 15 is 0 Å². The van der Waals surface area contributed by atoms with Crippen molar-refractivity contribution in [3.63, 3.8) is 0 Å². The van der Waals surface area contributed by atoms with Crippen LogP contribution in [0.5, 0.6) is 5.75 Å². The van der Waals surface area contributed by atoms with Crippen molar-refractivity contribution in [2.24, 2.45) is 0 Å². The van der Waals surface area contributed by atoms with Crippen molar-refractivity contribution in [1.82, 2.24) is 14.5 Å². The van der Waals surface area contributed by atoms with Crippen LogP contribution in [0.3, 0.4) is 0 Å². The number of nitrogens with zero attached hydrogens (tertiary/aromatic N) is 3. The monoisotopic (exact) mass is 322 g/mol. The van der Waals surface area contributed by atoms with Crippen molar-refractivity contribution in [2.75, 3.05) is 11.9 Å². The molecule has 1 amide bonds. The number of rotatable bonds is 6. The number of carbonyl (C=O) groups is 1. The molecule has 2 aromatic heterocycles. The predicted molar refractivity (Wildman–Crippen MR) is 91.5 cm³/mol. The van der Waals surface area contributed by atoms with E-state index in [4.69, 9.17) is 4.74 Å². The number of benzene rings is 1. The van der Waals surface area contributed by atoms with Crippen LogP contribution in [0.15, 0.2) is 61.3 Å². The molecule has 3 aromatic rings. The van der Waals surface area contributed by atoms with Gasteiger partial charge in [-0.15, -0.1) is 0 Å². The highest BCUT2D eigenvalue weighted by atomic mass is 16.5. The van der Waals surface area contributed by atoms with Gasteiger partial charge in [0, 0.05) is 18.6 Å². The van der Waals surface area contributed by atoms with Crippen LogP contribution in [-0.4, -0.2) is 27.0 Å². The van der Waals surface area contributed by atoms with Gasteiger partial charge in [-0.05, 0) is 30.7 Å². The summed E-state index contributed by atoms with van der Waals surface area (Å²) in [7, 11) is 0. The molecule has 0 spiro atoms. The zero-order chi connectivity index (χ0) is 16.8. The molecule has 0 fully saturated rings. The third-order valence-electron chi connectivity index (χ3n) is 3.38. The third kappa shape index (κ3) is 3.60. The van der Waals surface area contributed by atoms with Crippen molar-refractivity contribution in [3.8, 4) is 11.6 Å². The molecule has 0 aliphatic carbocycles. The highest BCUT2D eigenvalue weighted by molar-refractivity contribution is 6.04. The minimum absolute atomic E-state index is 0.229. The van der Waals surface area contributed by atoms with Crippen LogP contribution in [0.4, 0.5) is 5.69 Å². The predicted octanol–water partition coefficient (Wildman–Crippen LogP) is 3.31. The first-order valence-corrected chi connectivity index (χ1v) is 7.75. The Morgan fingerprint density at radius 1 is 1.25 bits per heavy atom. The van der Waals surface area contributed by atoms with Crippen molar-refractivity contribution < 1.29 is 9.53 Å². The van der Waals surface area contributed by atoms with Gasteiger partial charge in [0.05, 0.1) is 17.9 Å². The summed E-state index contributed by atoms with van der Waals surface area (Å²) in [6, 6.07) is 10.9. The molecule has 0 atom stereocenters. The summed E-state index contributed by atoms with van der Waals surface area (Å²) in [5, 5.41) is 2.87. The zero-order valence-corrected chi connectivity index (χ0v) is 13.3. The van der Waals surface area contributed by atoms with Gasteiger partial charge in [0.15, 0.2) is 0 Å². The maximum atomic E-state index is 12.4. The molecule has 122 valence electrons. The minimum Gasteiger partial charge on any atom is -0.491 e. The van der Waals surface area contributed by atoms with Crippen molar-refractivity contribution in [1.29, 1.82) is 0 Å². The molecule has 0 saturated carbocycles. The standard InChI is InChI=1S/C18H18N4O2/c1-2-11-24-16-6-4-3-5-15(16)21-18(23)14-7-8-17(20-12-14)22-10-9-19-13-22/h3-10,12-13H,2,11H2,1H3,(H,21,23). The lowest BCUT2D eigenvalue weighted by Crippen LogP contribution is -2.13. The number of hydrogen-bond acceptors (Lipinski definition) is 4. The van der Waals surface area contributed by atoms with Gasteiger partial charge < -0.3 is 10.1 Å². The highest BCUT2D eigenvalue weighted by Crippen LogP contribution is 2.24. The SMILES string of the molecule is CCCOc1ccccc1NC(=O)c1ccc(-n2ccnc2)nc1. The lowest BCUT2D eigenvalue weighted by atomic mass is 10.2. The van der Waals surface area contributed by atoms with Crippen LogP contribution in [0.2, 0.25) is 0 Å². The van der Waals surface area contributed by atoms with Crippen LogP contribution < -0.4 is 10.1 Å². The van der Waals surface area contributed by atoms with Gasteiger partial charge >= 0.3 is 0 Å². The van der Waals surface area contributed by atoms with Crippen molar-refractivity contribution >= 4 is 11.6 Å². The van der Waals surface area contributed by atoms with E-state index in [9.17, 15) is 4.79 Å². The van der Waals surface area contributed by atoms with E-state index in [0.717, 1.165) is 6.42 Å². The summed E-state index contributed by atoms with van der Waals surface area (Å²) >= 11 is 0. The Morgan fingerprint density at radius 2 is 2.12 bits per heavy atom. The number of carbonyl (C=O) groups excluding carboxylic acids is 1. The molecule has 0 saturated heterocycles. The number of anilines is 1. The van der Waals surface area contributed by atoms with Gasteiger partial charge in [-0.3, -0.25) is 9.36 Å². The molecule has 0 radical (unpaired) electrons. The van der Waals surface area contributed by atoms with Gasteiger partial charge in [-0.1, -0.05) is 19.1 Å². The Hall–Kier alpha value is -3.15. The number of amides is 1. The van der Waals surface area contributed by atoms with Crippen LogP contribution in [-0.2, 0) is 0 Å². The smallest absolute Gasteiger partial charge is 0.257 e. The lowest BCUT2D eigenvalue weighted by molar-refractivity contribution is 0.102. The van der Waals surface area contributed by atoms with Gasteiger partial charge in [-0.2, -0.15) is 0 Å². The molecule has 0 aliphatic rings. The summed E-state index contributed by atoms with van der Waals surface area (Å²) in [4.78, 5) is 20.7. The normalized spacial score (nSPS) is 10.4. The maximum absolute atomic E-state index is 12.4. The number of nitrogens with one attached hydrogen (secondary N) is 1. The quantitative estimate of drug-likeness (QED) is 0.756. The molecular weight excluding hydrogens is 304 g/mol. The fourth-order valence-corrected chi connectivity index (χ4v) is 2.17. The van der Waals surface area contributed by atoms with Crippen molar-refractivity contribution in [2.45, 2.75) is 13.3 Å². The Kier molecular flexibility index (Phi) is 4.86. The molecular formula is C18H18N4O2. The fraction of sp³-hybridized carbons (Fsp3) is 0.167. The lowest BCUT2D eigenvalue weighted by Gasteiger charge is -2.12. The number of aromatic nitrogens is 3. The molecule has 3 rings (SSSR count). The summed E-state index contributed by atoms with van der Waals surface area (Å²) in [6.45, 7) is 2.64. The van der Waals surface area contributed by atoms with E-state index in [1.807, 2.05) is 31.2 Å². The molecule has 1 N–H and O–H groups in total. The summed E-state index contributed by atoms with van der Waals surface area (Å²) in [5.41, 5.74) is 1.12. The Bertz CT molecular complexity index is 798. The van der Waals surface area contributed by atoms with E-state index in [-0.39, 0.29) is 5.91 Å². The number of para-hydroxylation sites is 2. The van der Waals surface area contributed by atoms with Crippen LogP contribution >= 0.6 is 0 Å². The largest absolute Gasteiger partial charge is 0.491 e. The van der Waals surface area contributed by atoms with E-state index in [0.29, 0.717) is 29.4 Å². The highest BCUT2D eigenvalue weighted by Gasteiger charge is 2.10. The first-order valence-electron chi connectivity index (χ1n) is 7.75.